The van der Waals surface area contributed by atoms with Crippen LogP contribution in [0, 0.1) is 13.8 Å². The first-order chi connectivity index (χ1) is 18.1. The van der Waals surface area contributed by atoms with Gasteiger partial charge in [0.1, 0.15) is 0 Å². The first-order valence-electron chi connectivity index (χ1n) is 13.2. The van der Waals surface area contributed by atoms with Gasteiger partial charge in [-0.2, -0.15) is 8.61 Å². The molecule has 208 valence electrons. The fourth-order valence-corrected chi connectivity index (χ4v) is 7.98. The van der Waals surface area contributed by atoms with Crippen LogP contribution < -0.4 is 5.32 Å². The van der Waals surface area contributed by atoms with Crippen molar-refractivity contribution in [3.05, 3.63) is 53.6 Å². The number of sulfonamides is 2. The van der Waals surface area contributed by atoms with Crippen molar-refractivity contribution in [2.45, 2.75) is 68.3 Å². The Labute approximate surface area is 226 Å². The fraction of sp³-hybridized carbons (Fsp3) is 0.519. The van der Waals surface area contributed by atoms with E-state index >= 15 is 0 Å². The van der Waals surface area contributed by atoms with Crippen molar-refractivity contribution in [2.75, 3.05) is 38.1 Å². The van der Waals surface area contributed by atoms with E-state index in [1.54, 1.807) is 0 Å². The summed E-state index contributed by atoms with van der Waals surface area (Å²) in [6, 6.07) is 10.9. The SMILES string of the molecule is Cc1cc(C)cc(NC(=O)CN(C[C@H]2CCCO2)S(=O)(=O)c2ccc(S(=O)(=O)N3CCCCCC3)cc2)c1. The average molecular weight is 564 g/mol. The van der Waals surface area contributed by atoms with Crippen molar-refractivity contribution in [3.63, 3.8) is 0 Å². The van der Waals surface area contributed by atoms with Crippen LogP contribution in [-0.2, 0) is 29.6 Å². The molecule has 0 saturated carbocycles. The molecule has 2 fully saturated rings. The third kappa shape index (κ3) is 7.01. The van der Waals surface area contributed by atoms with Gasteiger partial charge in [0, 0.05) is 31.9 Å². The van der Waals surface area contributed by atoms with Crippen LogP contribution in [0.5, 0.6) is 0 Å². The Balaban J connectivity index is 1.54. The molecule has 11 heteroatoms. The minimum absolute atomic E-state index is 0.0381. The molecule has 2 aliphatic rings. The van der Waals surface area contributed by atoms with E-state index in [0.29, 0.717) is 31.8 Å². The summed E-state index contributed by atoms with van der Waals surface area (Å²) in [4.78, 5) is 12.9. The maximum Gasteiger partial charge on any atom is 0.243 e. The molecule has 2 aromatic carbocycles. The molecule has 4 rings (SSSR count). The molecule has 9 nitrogen and oxygen atoms in total. The molecular formula is C27H37N3O6S2. The Morgan fingerprint density at radius 2 is 1.53 bits per heavy atom. The molecule has 38 heavy (non-hydrogen) atoms. The summed E-state index contributed by atoms with van der Waals surface area (Å²) >= 11 is 0. The molecule has 1 amide bonds. The summed E-state index contributed by atoms with van der Waals surface area (Å²) < 4.78 is 61.8. The van der Waals surface area contributed by atoms with Gasteiger partial charge in [-0.1, -0.05) is 18.9 Å². The van der Waals surface area contributed by atoms with Gasteiger partial charge in [0.05, 0.1) is 22.4 Å². The molecule has 0 spiro atoms. The molecule has 2 aromatic rings. The lowest BCUT2D eigenvalue weighted by atomic mass is 10.1. The van der Waals surface area contributed by atoms with E-state index in [2.05, 4.69) is 5.32 Å². The number of amides is 1. The number of rotatable bonds is 9. The third-order valence-electron chi connectivity index (χ3n) is 6.92. The maximum absolute atomic E-state index is 13.7. The number of ether oxygens (including phenoxy) is 1. The van der Waals surface area contributed by atoms with Gasteiger partial charge < -0.3 is 10.1 Å². The molecule has 2 aliphatic heterocycles. The summed E-state index contributed by atoms with van der Waals surface area (Å²) in [5.41, 5.74) is 2.57. The van der Waals surface area contributed by atoms with E-state index < -0.39 is 26.0 Å². The standard InChI is InChI=1S/C27H37N3O6S2/c1-21-16-22(2)18-23(17-21)28-27(31)20-30(19-24-8-7-15-36-24)38(34,35)26-11-9-25(10-12-26)37(32,33)29-13-5-3-4-6-14-29/h9-12,16-18,24H,3-8,13-15,19-20H2,1-2H3,(H,28,31)/t24-/m1/s1. The predicted octanol–water partition coefficient (Wildman–Crippen LogP) is 3.68. The van der Waals surface area contributed by atoms with Crippen molar-refractivity contribution in [3.8, 4) is 0 Å². The maximum atomic E-state index is 13.7. The van der Waals surface area contributed by atoms with Crippen LogP contribution in [0.2, 0.25) is 0 Å². The van der Waals surface area contributed by atoms with E-state index in [9.17, 15) is 21.6 Å². The van der Waals surface area contributed by atoms with Gasteiger partial charge in [-0.25, -0.2) is 16.8 Å². The second-order valence-corrected chi connectivity index (χ2v) is 14.0. The summed E-state index contributed by atoms with van der Waals surface area (Å²) in [5, 5.41) is 2.80. The average Bonchev–Trinajstić information content (AvgIpc) is 3.21. The van der Waals surface area contributed by atoms with E-state index in [1.807, 2.05) is 32.0 Å². The zero-order chi connectivity index (χ0) is 27.3. The Bertz CT molecular complexity index is 1310. The Morgan fingerprint density at radius 1 is 0.921 bits per heavy atom. The second kappa shape index (κ2) is 12.3. The zero-order valence-corrected chi connectivity index (χ0v) is 23.7. The van der Waals surface area contributed by atoms with Gasteiger partial charge >= 0.3 is 0 Å². The number of carbonyl (C=O) groups is 1. The first-order valence-corrected chi connectivity index (χ1v) is 16.0. The number of nitrogens with zero attached hydrogens (tertiary/aromatic N) is 2. The van der Waals surface area contributed by atoms with E-state index in [1.165, 1.54) is 28.6 Å². The minimum Gasteiger partial charge on any atom is -0.377 e. The van der Waals surface area contributed by atoms with Crippen LogP contribution in [0.1, 0.15) is 49.7 Å². The number of aryl methyl sites for hydroxylation is 2. The van der Waals surface area contributed by atoms with Crippen molar-refractivity contribution in [2.24, 2.45) is 0 Å². The number of hydrogen-bond acceptors (Lipinski definition) is 6. The first kappa shape index (κ1) is 28.7. The third-order valence-corrected chi connectivity index (χ3v) is 10.7. The monoisotopic (exact) mass is 563 g/mol. The smallest absolute Gasteiger partial charge is 0.243 e. The lowest BCUT2D eigenvalue weighted by molar-refractivity contribution is -0.116. The van der Waals surface area contributed by atoms with Crippen LogP contribution in [0.4, 0.5) is 5.69 Å². The zero-order valence-electron chi connectivity index (χ0n) is 22.1. The normalized spacial score (nSPS) is 19.4. The van der Waals surface area contributed by atoms with Gasteiger partial charge in [-0.15, -0.1) is 0 Å². The molecular weight excluding hydrogens is 526 g/mol. The number of benzene rings is 2. The van der Waals surface area contributed by atoms with Crippen LogP contribution in [-0.4, -0.2) is 70.2 Å². The Hall–Kier alpha value is -2.31. The van der Waals surface area contributed by atoms with Gasteiger partial charge in [-0.3, -0.25) is 4.79 Å². The predicted molar refractivity (Wildman–Crippen MR) is 146 cm³/mol. The summed E-state index contributed by atoms with van der Waals surface area (Å²) in [6.07, 6.45) is 4.86. The minimum atomic E-state index is -4.10. The highest BCUT2D eigenvalue weighted by atomic mass is 32.2. The van der Waals surface area contributed by atoms with Crippen LogP contribution in [0.3, 0.4) is 0 Å². The van der Waals surface area contributed by atoms with Crippen molar-refractivity contribution >= 4 is 31.6 Å². The largest absolute Gasteiger partial charge is 0.377 e. The summed E-state index contributed by atoms with van der Waals surface area (Å²) in [5.74, 6) is -0.461. The molecule has 0 aliphatic carbocycles. The molecule has 1 N–H and O–H groups in total. The van der Waals surface area contributed by atoms with E-state index in [0.717, 1.165) is 47.5 Å². The van der Waals surface area contributed by atoms with Crippen molar-refractivity contribution in [1.82, 2.24) is 8.61 Å². The highest BCUT2D eigenvalue weighted by Gasteiger charge is 2.32. The molecule has 1 atom stereocenters. The number of hydrogen-bond donors (Lipinski definition) is 1. The molecule has 2 saturated heterocycles. The molecule has 0 unspecified atom stereocenters. The van der Waals surface area contributed by atoms with Crippen LogP contribution in [0.15, 0.2) is 52.3 Å². The number of carbonyl (C=O) groups excluding carboxylic acids is 1. The van der Waals surface area contributed by atoms with E-state index in [-0.39, 0.29) is 29.0 Å². The van der Waals surface area contributed by atoms with Crippen molar-refractivity contribution < 1.29 is 26.4 Å². The molecule has 0 aromatic heterocycles. The lowest BCUT2D eigenvalue weighted by Crippen LogP contribution is -2.42. The fourth-order valence-electron chi connectivity index (χ4n) is 5.03. The van der Waals surface area contributed by atoms with Crippen LogP contribution in [0.25, 0.3) is 0 Å². The number of anilines is 1. The molecule has 2 heterocycles. The molecule has 0 bridgehead atoms. The Morgan fingerprint density at radius 3 is 2.11 bits per heavy atom. The summed E-state index contributed by atoms with van der Waals surface area (Å²) in [6.45, 7) is 4.98. The van der Waals surface area contributed by atoms with Gasteiger partial charge in [0.25, 0.3) is 0 Å². The lowest BCUT2D eigenvalue weighted by Gasteiger charge is -2.25. The van der Waals surface area contributed by atoms with Gasteiger partial charge in [0.15, 0.2) is 0 Å². The van der Waals surface area contributed by atoms with Crippen molar-refractivity contribution in [1.29, 1.82) is 0 Å². The highest BCUT2D eigenvalue weighted by Crippen LogP contribution is 2.25. The van der Waals surface area contributed by atoms with Crippen LogP contribution >= 0.6 is 0 Å². The molecule has 0 radical (unpaired) electrons. The van der Waals surface area contributed by atoms with E-state index in [4.69, 9.17) is 4.74 Å². The quantitative estimate of drug-likeness (QED) is 0.498. The van der Waals surface area contributed by atoms with Gasteiger partial charge in [0.2, 0.25) is 26.0 Å². The topological polar surface area (TPSA) is 113 Å². The van der Waals surface area contributed by atoms with Gasteiger partial charge in [-0.05, 0) is 87.1 Å². The summed E-state index contributed by atoms with van der Waals surface area (Å²) in [7, 11) is -7.81. The number of nitrogens with one attached hydrogen (secondary N) is 1. The Kier molecular flexibility index (Phi) is 9.25. The highest BCUT2D eigenvalue weighted by molar-refractivity contribution is 7.89. The second-order valence-electron chi connectivity index (χ2n) is 10.1.